The molecule has 0 fully saturated rings. The van der Waals surface area contributed by atoms with Crippen LogP contribution in [0.1, 0.15) is 16.7 Å². The summed E-state index contributed by atoms with van der Waals surface area (Å²) in [6, 6.07) is 17.7. The molecule has 0 spiro atoms. The SMILES string of the molecule is COC=C(C(=O)O)c1ccccc1COc1cc(Cl)c(OCc2ccc(OC)cc2)c(Cl)c1. The summed E-state index contributed by atoms with van der Waals surface area (Å²) < 4.78 is 21.7. The van der Waals surface area contributed by atoms with E-state index in [0.29, 0.717) is 32.7 Å². The Morgan fingerprint density at radius 2 is 1.58 bits per heavy atom. The van der Waals surface area contributed by atoms with Crippen molar-refractivity contribution >= 4 is 34.7 Å². The molecule has 1 N–H and O–H groups in total. The van der Waals surface area contributed by atoms with Crippen molar-refractivity contribution in [3.05, 3.63) is 93.7 Å². The fourth-order valence-corrected chi connectivity index (χ4v) is 3.63. The van der Waals surface area contributed by atoms with Crippen molar-refractivity contribution in [2.45, 2.75) is 13.2 Å². The van der Waals surface area contributed by atoms with Gasteiger partial charge in [0.15, 0.2) is 5.75 Å². The summed E-state index contributed by atoms with van der Waals surface area (Å²) in [5, 5.41) is 10.1. The second kappa shape index (κ2) is 11.5. The van der Waals surface area contributed by atoms with Crippen LogP contribution in [0, 0.1) is 0 Å². The number of benzene rings is 3. The van der Waals surface area contributed by atoms with E-state index in [4.69, 9.17) is 42.1 Å². The highest BCUT2D eigenvalue weighted by atomic mass is 35.5. The van der Waals surface area contributed by atoms with Crippen LogP contribution in [0.5, 0.6) is 17.2 Å². The molecule has 33 heavy (non-hydrogen) atoms. The molecule has 0 radical (unpaired) electrons. The summed E-state index contributed by atoms with van der Waals surface area (Å²) in [5.41, 5.74) is 2.10. The lowest BCUT2D eigenvalue weighted by Crippen LogP contribution is -2.06. The van der Waals surface area contributed by atoms with Crippen molar-refractivity contribution < 1.29 is 28.8 Å². The van der Waals surface area contributed by atoms with E-state index in [1.54, 1.807) is 43.5 Å². The van der Waals surface area contributed by atoms with Crippen molar-refractivity contribution in [1.29, 1.82) is 0 Å². The van der Waals surface area contributed by atoms with Crippen LogP contribution >= 0.6 is 23.2 Å². The molecule has 0 aliphatic rings. The van der Waals surface area contributed by atoms with Crippen molar-refractivity contribution in [3.63, 3.8) is 0 Å². The molecule has 172 valence electrons. The number of carbonyl (C=O) groups is 1. The van der Waals surface area contributed by atoms with Crippen molar-refractivity contribution in [1.82, 2.24) is 0 Å². The van der Waals surface area contributed by atoms with E-state index in [2.05, 4.69) is 0 Å². The predicted molar refractivity (Wildman–Crippen MR) is 127 cm³/mol. The normalized spacial score (nSPS) is 11.1. The molecule has 6 nitrogen and oxygen atoms in total. The minimum absolute atomic E-state index is 0.0232. The number of carboxylic acid groups (broad SMARTS) is 1. The molecule has 0 unspecified atom stereocenters. The fraction of sp³-hybridized carbons (Fsp3) is 0.160. The quantitative estimate of drug-likeness (QED) is 0.269. The fourth-order valence-electron chi connectivity index (χ4n) is 3.05. The first-order chi connectivity index (χ1) is 15.9. The second-order valence-electron chi connectivity index (χ2n) is 6.87. The Hall–Kier alpha value is -3.35. The Labute approximate surface area is 201 Å². The second-order valence-corrected chi connectivity index (χ2v) is 7.69. The summed E-state index contributed by atoms with van der Waals surface area (Å²) in [4.78, 5) is 11.6. The van der Waals surface area contributed by atoms with Gasteiger partial charge >= 0.3 is 5.97 Å². The van der Waals surface area contributed by atoms with Crippen LogP contribution in [-0.4, -0.2) is 25.3 Å². The molecule has 0 amide bonds. The topological polar surface area (TPSA) is 74.2 Å². The van der Waals surface area contributed by atoms with Gasteiger partial charge in [-0.15, -0.1) is 0 Å². The first-order valence-corrected chi connectivity index (χ1v) is 10.6. The number of aliphatic carboxylic acids is 1. The van der Waals surface area contributed by atoms with E-state index in [0.717, 1.165) is 11.3 Å². The number of ether oxygens (including phenoxy) is 4. The molecule has 0 atom stereocenters. The Morgan fingerprint density at radius 3 is 2.18 bits per heavy atom. The third kappa shape index (κ3) is 6.34. The molecule has 0 aromatic heterocycles. The van der Waals surface area contributed by atoms with Crippen molar-refractivity contribution in [2.75, 3.05) is 14.2 Å². The van der Waals surface area contributed by atoms with Gasteiger partial charge in [0.25, 0.3) is 0 Å². The van der Waals surface area contributed by atoms with Gasteiger partial charge in [0.2, 0.25) is 0 Å². The highest BCUT2D eigenvalue weighted by Crippen LogP contribution is 2.38. The molecule has 3 rings (SSSR count). The molecule has 0 heterocycles. The Morgan fingerprint density at radius 1 is 0.909 bits per heavy atom. The lowest BCUT2D eigenvalue weighted by molar-refractivity contribution is -0.130. The third-order valence-corrected chi connectivity index (χ3v) is 5.24. The van der Waals surface area contributed by atoms with Crippen LogP contribution < -0.4 is 14.2 Å². The predicted octanol–water partition coefficient (Wildman–Crippen LogP) is 6.23. The first-order valence-electron chi connectivity index (χ1n) is 9.85. The van der Waals surface area contributed by atoms with E-state index >= 15 is 0 Å². The molecule has 0 saturated heterocycles. The summed E-state index contributed by atoms with van der Waals surface area (Å²) >= 11 is 12.8. The monoisotopic (exact) mass is 488 g/mol. The number of rotatable bonds is 10. The van der Waals surface area contributed by atoms with Crippen LogP contribution in [0.25, 0.3) is 5.57 Å². The van der Waals surface area contributed by atoms with E-state index < -0.39 is 5.97 Å². The molecule has 8 heteroatoms. The first kappa shape index (κ1) is 24.3. The summed E-state index contributed by atoms with van der Waals surface area (Å²) in [5.74, 6) is 0.419. The summed E-state index contributed by atoms with van der Waals surface area (Å²) in [7, 11) is 3.00. The van der Waals surface area contributed by atoms with Crippen LogP contribution in [0.3, 0.4) is 0 Å². The van der Waals surface area contributed by atoms with Crippen LogP contribution in [-0.2, 0) is 22.7 Å². The maximum Gasteiger partial charge on any atom is 0.339 e. The Kier molecular flexibility index (Phi) is 8.46. The van der Waals surface area contributed by atoms with Gasteiger partial charge in [-0.05, 0) is 28.8 Å². The van der Waals surface area contributed by atoms with Crippen molar-refractivity contribution in [2.24, 2.45) is 0 Å². The standard InChI is InChI=1S/C25H22Cl2O6/c1-30-15-21(25(28)29)20-6-4-3-5-17(20)14-32-19-11-22(26)24(23(27)12-19)33-13-16-7-9-18(31-2)10-8-16/h3-12,15H,13-14H2,1-2H3,(H,28,29). The zero-order valence-electron chi connectivity index (χ0n) is 18.0. The van der Waals surface area contributed by atoms with Gasteiger partial charge < -0.3 is 24.1 Å². The average molecular weight is 489 g/mol. The molecular formula is C25H22Cl2O6. The van der Waals surface area contributed by atoms with Gasteiger partial charge in [-0.25, -0.2) is 4.79 Å². The largest absolute Gasteiger partial charge is 0.503 e. The number of halogens is 2. The highest BCUT2D eigenvalue weighted by Gasteiger charge is 2.16. The third-order valence-electron chi connectivity index (χ3n) is 4.68. The number of hydrogen-bond acceptors (Lipinski definition) is 5. The molecule has 0 saturated carbocycles. The molecule has 3 aromatic rings. The zero-order chi connectivity index (χ0) is 23.8. The summed E-state index contributed by atoms with van der Waals surface area (Å²) in [6.07, 6.45) is 1.18. The number of hydrogen-bond donors (Lipinski definition) is 1. The maximum absolute atomic E-state index is 11.6. The maximum atomic E-state index is 11.6. The lowest BCUT2D eigenvalue weighted by atomic mass is 10.0. The number of methoxy groups -OCH3 is 2. The minimum atomic E-state index is -1.10. The van der Waals surface area contributed by atoms with E-state index in [9.17, 15) is 9.90 Å². The lowest BCUT2D eigenvalue weighted by Gasteiger charge is -2.14. The van der Waals surface area contributed by atoms with Gasteiger partial charge in [0.05, 0.1) is 30.5 Å². The van der Waals surface area contributed by atoms with E-state index in [1.165, 1.54) is 13.4 Å². The molecule has 0 bridgehead atoms. The van der Waals surface area contributed by atoms with Gasteiger partial charge in [-0.1, -0.05) is 59.6 Å². The van der Waals surface area contributed by atoms with Gasteiger partial charge in [-0.2, -0.15) is 0 Å². The van der Waals surface area contributed by atoms with Crippen LogP contribution in [0.2, 0.25) is 10.0 Å². The van der Waals surface area contributed by atoms with Crippen molar-refractivity contribution in [3.8, 4) is 17.2 Å². The van der Waals surface area contributed by atoms with Gasteiger partial charge in [0.1, 0.15) is 30.3 Å². The van der Waals surface area contributed by atoms with Crippen LogP contribution in [0.4, 0.5) is 0 Å². The molecule has 0 aliphatic heterocycles. The molecule has 0 aliphatic carbocycles. The van der Waals surface area contributed by atoms with Gasteiger partial charge in [-0.3, -0.25) is 0 Å². The Bertz CT molecular complexity index is 1120. The molecular weight excluding hydrogens is 467 g/mol. The Balaban J connectivity index is 1.72. The summed E-state index contributed by atoms with van der Waals surface area (Å²) in [6.45, 7) is 0.379. The molecule has 3 aromatic carbocycles. The average Bonchev–Trinajstić information content (AvgIpc) is 2.81. The smallest absolute Gasteiger partial charge is 0.339 e. The highest BCUT2D eigenvalue weighted by molar-refractivity contribution is 6.37. The van der Waals surface area contributed by atoms with E-state index in [-0.39, 0.29) is 18.8 Å². The zero-order valence-corrected chi connectivity index (χ0v) is 19.5. The van der Waals surface area contributed by atoms with Gasteiger partial charge in [0, 0.05) is 12.1 Å². The minimum Gasteiger partial charge on any atom is -0.503 e. The van der Waals surface area contributed by atoms with Crippen LogP contribution in [0.15, 0.2) is 66.9 Å². The number of carboxylic acids is 1. The van der Waals surface area contributed by atoms with E-state index in [1.807, 2.05) is 24.3 Å².